The second-order valence-electron chi connectivity index (χ2n) is 4.08. The highest BCUT2D eigenvalue weighted by atomic mass is 79.9. The summed E-state index contributed by atoms with van der Waals surface area (Å²) in [5.41, 5.74) is 0.400. The van der Waals surface area contributed by atoms with Crippen molar-refractivity contribution in [3.05, 3.63) is 27.7 Å². The van der Waals surface area contributed by atoms with Gasteiger partial charge in [0.2, 0.25) is 10.0 Å². The van der Waals surface area contributed by atoms with Gasteiger partial charge in [0.25, 0.3) is 0 Å². The number of hydrogen-bond acceptors (Lipinski definition) is 3. The molecule has 0 bridgehead atoms. The molecule has 1 aliphatic rings. The Morgan fingerprint density at radius 1 is 1.33 bits per heavy atom. The molecule has 0 unspecified atom stereocenters. The molecule has 1 N–H and O–H groups in total. The Labute approximate surface area is 120 Å². The van der Waals surface area contributed by atoms with Crippen LogP contribution in [0.3, 0.4) is 0 Å². The lowest BCUT2D eigenvalue weighted by Gasteiger charge is -2.23. The number of hydrogen-bond donors (Lipinski definition) is 1. The van der Waals surface area contributed by atoms with Crippen molar-refractivity contribution in [3.8, 4) is 0 Å². The monoisotopic (exact) mass is 353 g/mol. The van der Waals surface area contributed by atoms with Gasteiger partial charge in [-0.2, -0.15) is 0 Å². The van der Waals surface area contributed by atoms with Crippen LogP contribution in [0.2, 0.25) is 5.02 Å². The zero-order valence-corrected chi connectivity index (χ0v) is 12.7. The minimum absolute atomic E-state index is 0.383. The molecule has 1 saturated heterocycles. The van der Waals surface area contributed by atoms with E-state index in [0.717, 1.165) is 4.47 Å². The van der Waals surface area contributed by atoms with Gasteiger partial charge in [0.15, 0.2) is 0 Å². The van der Waals surface area contributed by atoms with Crippen LogP contribution in [-0.2, 0) is 14.8 Å². The minimum Gasteiger partial charge on any atom is -0.381 e. The standard InChI is InChI=1S/C11H13BrClNO3S/c12-8-1-2-10(13)11(7-8)14-18(15,16)9-3-5-17-6-4-9/h1-2,7,9,14H,3-6H2. The maximum atomic E-state index is 12.2. The number of sulfonamides is 1. The molecule has 1 aromatic rings. The topological polar surface area (TPSA) is 55.4 Å². The molecule has 2 rings (SSSR count). The summed E-state index contributed by atoms with van der Waals surface area (Å²) in [5, 5.41) is -0.0323. The van der Waals surface area contributed by atoms with Gasteiger partial charge in [-0.25, -0.2) is 8.42 Å². The molecule has 0 amide bonds. The number of rotatable bonds is 3. The summed E-state index contributed by atoms with van der Waals surface area (Å²) in [6.45, 7) is 0.968. The Morgan fingerprint density at radius 3 is 2.67 bits per heavy atom. The molecule has 100 valence electrons. The van der Waals surface area contributed by atoms with Gasteiger partial charge >= 0.3 is 0 Å². The van der Waals surface area contributed by atoms with Crippen LogP contribution in [0.25, 0.3) is 0 Å². The maximum absolute atomic E-state index is 12.2. The van der Waals surface area contributed by atoms with E-state index in [0.29, 0.717) is 36.8 Å². The van der Waals surface area contributed by atoms with E-state index >= 15 is 0 Å². The summed E-state index contributed by atoms with van der Waals surface area (Å²) in [7, 11) is -3.41. The van der Waals surface area contributed by atoms with Gasteiger partial charge in [-0.1, -0.05) is 27.5 Å². The zero-order chi connectivity index (χ0) is 13.2. The van der Waals surface area contributed by atoms with Crippen LogP contribution in [-0.4, -0.2) is 26.9 Å². The summed E-state index contributed by atoms with van der Waals surface area (Å²) in [6, 6.07) is 5.06. The average molecular weight is 355 g/mol. The first kappa shape index (κ1) is 14.1. The Hall–Kier alpha value is -0.300. The van der Waals surface area contributed by atoms with Crippen molar-refractivity contribution in [2.24, 2.45) is 0 Å². The molecule has 0 atom stereocenters. The summed E-state index contributed by atoms with van der Waals surface area (Å²) in [6.07, 6.45) is 1.03. The van der Waals surface area contributed by atoms with Gasteiger partial charge in [-0.15, -0.1) is 0 Å². The van der Waals surface area contributed by atoms with Crippen molar-refractivity contribution in [1.29, 1.82) is 0 Å². The third kappa shape index (κ3) is 3.38. The van der Waals surface area contributed by atoms with Crippen LogP contribution in [0.1, 0.15) is 12.8 Å². The van der Waals surface area contributed by atoms with Gasteiger partial charge in [0.1, 0.15) is 0 Å². The Kier molecular flexibility index (Phi) is 4.53. The largest absolute Gasteiger partial charge is 0.381 e. The number of nitrogens with one attached hydrogen (secondary N) is 1. The molecule has 0 spiro atoms. The number of halogens is 2. The van der Waals surface area contributed by atoms with E-state index in [9.17, 15) is 8.42 Å². The van der Waals surface area contributed by atoms with Gasteiger partial charge in [0, 0.05) is 17.7 Å². The van der Waals surface area contributed by atoms with Crippen LogP contribution in [0.5, 0.6) is 0 Å². The molecule has 0 saturated carbocycles. The summed E-state index contributed by atoms with van der Waals surface area (Å²) >= 11 is 9.26. The quantitative estimate of drug-likeness (QED) is 0.908. The predicted octanol–water partition coefficient (Wildman–Crippen LogP) is 3.02. The van der Waals surface area contributed by atoms with E-state index in [2.05, 4.69) is 20.7 Å². The SMILES string of the molecule is O=S(=O)(Nc1cc(Br)ccc1Cl)C1CCOCC1. The molecule has 18 heavy (non-hydrogen) atoms. The van der Waals surface area contributed by atoms with E-state index < -0.39 is 15.3 Å². The van der Waals surface area contributed by atoms with Crippen LogP contribution in [0, 0.1) is 0 Å². The van der Waals surface area contributed by atoms with Crippen molar-refractivity contribution < 1.29 is 13.2 Å². The highest BCUT2D eigenvalue weighted by molar-refractivity contribution is 9.10. The Bertz CT molecular complexity index is 529. The summed E-state index contributed by atoms with van der Waals surface area (Å²) in [5.74, 6) is 0. The predicted molar refractivity (Wildman–Crippen MR) is 75.5 cm³/mol. The molecular weight excluding hydrogens is 342 g/mol. The van der Waals surface area contributed by atoms with E-state index in [4.69, 9.17) is 16.3 Å². The average Bonchev–Trinajstić information content (AvgIpc) is 2.35. The van der Waals surface area contributed by atoms with Crippen molar-refractivity contribution in [3.63, 3.8) is 0 Å². The summed E-state index contributed by atoms with van der Waals surface area (Å²) in [4.78, 5) is 0. The van der Waals surface area contributed by atoms with Crippen molar-refractivity contribution in [1.82, 2.24) is 0 Å². The van der Waals surface area contributed by atoms with E-state index in [1.54, 1.807) is 18.2 Å². The van der Waals surface area contributed by atoms with Gasteiger partial charge in [-0.05, 0) is 31.0 Å². The van der Waals surface area contributed by atoms with Crippen LogP contribution >= 0.6 is 27.5 Å². The van der Waals surface area contributed by atoms with Crippen molar-refractivity contribution >= 4 is 43.2 Å². The van der Waals surface area contributed by atoms with Crippen molar-refractivity contribution in [2.75, 3.05) is 17.9 Å². The third-order valence-electron chi connectivity index (χ3n) is 2.79. The first-order valence-electron chi connectivity index (χ1n) is 5.53. The highest BCUT2D eigenvalue weighted by Gasteiger charge is 2.28. The molecule has 0 radical (unpaired) electrons. The Balaban J connectivity index is 2.18. The van der Waals surface area contributed by atoms with Crippen molar-refractivity contribution in [2.45, 2.75) is 18.1 Å². The second kappa shape index (κ2) is 5.77. The smallest absolute Gasteiger partial charge is 0.235 e. The van der Waals surface area contributed by atoms with Gasteiger partial charge in [-0.3, -0.25) is 4.72 Å². The fraction of sp³-hybridized carbons (Fsp3) is 0.455. The fourth-order valence-electron chi connectivity index (χ4n) is 1.80. The number of ether oxygens (including phenoxy) is 1. The lowest BCUT2D eigenvalue weighted by Crippen LogP contribution is -2.33. The van der Waals surface area contributed by atoms with Crippen LogP contribution < -0.4 is 4.72 Å². The van der Waals surface area contributed by atoms with E-state index in [1.807, 2.05) is 0 Å². The molecule has 1 aromatic carbocycles. The third-order valence-corrected chi connectivity index (χ3v) is 5.46. The molecular formula is C11H13BrClNO3S. The van der Waals surface area contributed by atoms with Crippen LogP contribution in [0.4, 0.5) is 5.69 Å². The van der Waals surface area contributed by atoms with E-state index in [1.165, 1.54) is 0 Å². The molecule has 0 aromatic heterocycles. The molecule has 0 aliphatic carbocycles. The lowest BCUT2D eigenvalue weighted by molar-refractivity contribution is 0.0984. The maximum Gasteiger partial charge on any atom is 0.235 e. The normalized spacial score (nSPS) is 17.7. The zero-order valence-electron chi connectivity index (χ0n) is 9.53. The summed E-state index contributed by atoms with van der Waals surface area (Å²) < 4.78 is 32.8. The first-order valence-corrected chi connectivity index (χ1v) is 8.25. The molecule has 7 heteroatoms. The van der Waals surface area contributed by atoms with Crippen LogP contribution in [0.15, 0.2) is 22.7 Å². The molecule has 1 heterocycles. The van der Waals surface area contributed by atoms with Gasteiger partial charge < -0.3 is 4.74 Å². The second-order valence-corrected chi connectivity index (χ2v) is 7.37. The van der Waals surface area contributed by atoms with Gasteiger partial charge in [0.05, 0.1) is 16.0 Å². The molecule has 1 fully saturated rings. The molecule has 4 nitrogen and oxygen atoms in total. The first-order chi connectivity index (χ1) is 8.49. The highest BCUT2D eigenvalue weighted by Crippen LogP contribution is 2.28. The fourth-order valence-corrected chi connectivity index (χ4v) is 3.84. The minimum atomic E-state index is -3.41. The molecule has 1 aliphatic heterocycles. The lowest BCUT2D eigenvalue weighted by atomic mass is 10.2. The number of anilines is 1. The number of benzene rings is 1. The van der Waals surface area contributed by atoms with E-state index in [-0.39, 0.29) is 0 Å². The Morgan fingerprint density at radius 2 is 2.00 bits per heavy atom.